The summed E-state index contributed by atoms with van der Waals surface area (Å²) in [5.74, 6) is 0.434. The summed E-state index contributed by atoms with van der Waals surface area (Å²) in [6.07, 6.45) is 0. The van der Waals surface area contributed by atoms with Crippen LogP contribution in [0.3, 0.4) is 0 Å². The fourth-order valence-corrected chi connectivity index (χ4v) is 1.85. The molecule has 0 aliphatic rings. The van der Waals surface area contributed by atoms with E-state index in [4.69, 9.17) is 5.73 Å². The third-order valence-corrected chi connectivity index (χ3v) is 2.87. The lowest BCUT2D eigenvalue weighted by Crippen LogP contribution is -2.04. The molecular formula is C14H19N3. The molecule has 2 aromatic rings. The van der Waals surface area contributed by atoms with Gasteiger partial charge in [-0.1, -0.05) is 31.5 Å². The van der Waals surface area contributed by atoms with E-state index in [0.29, 0.717) is 12.5 Å². The molecule has 0 aliphatic heterocycles. The lowest BCUT2D eigenvalue weighted by molar-refractivity contribution is 0.727. The van der Waals surface area contributed by atoms with Gasteiger partial charge in [0.25, 0.3) is 0 Å². The number of nitrogens with zero attached hydrogens (tertiary/aromatic N) is 2. The molecule has 1 aromatic carbocycles. The maximum Gasteiger partial charge on any atom is 0.0767 e. The second-order valence-electron chi connectivity index (χ2n) is 4.67. The topological polar surface area (TPSA) is 43.8 Å². The van der Waals surface area contributed by atoms with E-state index in [2.05, 4.69) is 56.2 Å². The Morgan fingerprint density at radius 1 is 1.24 bits per heavy atom. The molecule has 90 valence electrons. The van der Waals surface area contributed by atoms with E-state index >= 15 is 0 Å². The molecule has 0 unspecified atom stereocenters. The fourth-order valence-electron chi connectivity index (χ4n) is 1.85. The molecule has 0 saturated carbocycles. The molecule has 0 saturated heterocycles. The Balaban J connectivity index is 2.49. The molecule has 0 amide bonds. The zero-order valence-electron chi connectivity index (χ0n) is 10.6. The monoisotopic (exact) mass is 229 g/mol. The van der Waals surface area contributed by atoms with E-state index in [-0.39, 0.29) is 0 Å². The second-order valence-corrected chi connectivity index (χ2v) is 4.67. The molecule has 0 spiro atoms. The van der Waals surface area contributed by atoms with Crippen molar-refractivity contribution in [1.82, 2.24) is 9.78 Å². The van der Waals surface area contributed by atoms with Gasteiger partial charge in [-0.15, -0.1) is 0 Å². The largest absolute Gasteiger partial charge is 0.325 e. The van der Waals surface area contributed by atoms with Crippen LogP contribution >= 0.6 is 0 Å². The fraction of sp³-hybridized carbons (Fsp3) is 0.357. The van der Waals surface area contributed by atoms with Crippen LogP contribution in [0.1, 0.15) is 36.7 Å². The number of hydrogen-bond acceptors (Lipinski definition) is 2. The summed E-state index contributed by atoms with van der Waals surface area (Å²) in [5, 5.41) is 4.54. The molecule has 0 radical (unpaired) electrons. The van der Waals surface area contributed by atoms with Gasteiger partial charge in [0.15, 0.2) is 0 Å². The van der Waals surface area contributed by atoms with Crippen LogP contribution in [-0.4, -0.2) is 9.78 Å². The van der Waals surface area contributed by atoms with Gasteiger partial charge in [-0.05, 0) is 31.0 Å². The highest BCUT2D eigenvalue weighted by Gasteiger charge is 2.11. The molecule has 2 N–H and O–H groups in total. The van der Waals surface area contributed by atoms with Crippen LogP contribution in [0.5, 0.6) is 0 Å². The minimum absolute atomic E-state index is 0.434. The van der Waals surface area contributed by atoms with Crippen molar-refractivity contribution in [2.24, 2.45) is 5.73 Å². The standard InChI is InChI=1S/C14H19N3/c1-10(2)14-8-12(9-15)16-17(14)13-6-4-11(3)5-7-13/h4-8,10H,9,15H2,1-3H3. The molecule has 1 heterocycles. The zero-order valence-corrected chi connectivity index (χ0v) is 10.6. The van der Waals surface area contributed by atoms with Gasteiger partial charge >= 0.3 is 0 Å². The molecule has 0 atom stereocenters. The first kappa shape index (κ1) is 11.9. The molecule has 1 aromatic heterocycles. The molecule has 3 heteroatoms. The minimum Gasteiger partial charge on any atom is -0.325 e. The van der Waals surface area contributed by atoms with E-state index in [1.165, 1.54) is 11.3 Å². The van der Waals surface area contributed by atoms with Gasteiger partial charge in [-0.25, -0.2) is 4.68 Å². The Labute approximate surface area is 102 Å². The van der Waals surface area contributed by atoms with Crippen LogP contribution in [0.2, 0.25) is 0 Å². The van der Waals surface area contributed by atoms with Crippen LogP contribution in [0.4, 0.5) is 0 Å². The van der Waals surface area contributed by atoms with E-state index < -0.39 is 0 Å². The highest BCUT2D eigenvalue weighted by molar-refractivity contribution is 5.36. The van der Waals surface area contributed by atoms with Gasteiger partial charge in [0, 0.05) is 12.2 Å². The number of aryl methyl sites for hydroxylation is 1. The van der Waals surface area contributed by atoms with Gasteiger partial charge < -0.3 is 5.73 Å². The van der Waals surface area contributed by atoms with Crippen molar-refractivity contribution in [2.75, 3.05) is 0 Å². The first-order chi connectivity index (χ1) is 8.11. The van der Waals surface area contributed by atoms with Crippen molar-refractivity contribution >= 4 is 0 Å². The smallest absolute Gasteiger partial charge is 0.0767 e. The number of hydrogen-bond donors (Lipinski definition) is 1. The first-order valence-corrected chi connectivity index (χ1v) is 5.97. The Kier molecular flexibility index (Phi) is 3.29. The minimum atomic E-state index is 0.434. The molecule has 0 aliphatic carbocycles. The van der Waals surface area contributed by atoms with Gasteiger partial charge in [0.1, 0.15) is 0 Å². The maximum absolute atomic E-state index is 5.66. The summed E-state index contributed by atoms with van der Waals surface area (Å²) in [6, 6.07) is 10.5. The predicted octanol–water partition coefficient (Wildman–Crippen LogP) is 2.76. The van der Waals surface area contributed by atoms with Crippen LogP contribution in [0.15, 0.2) is 30.3 Å². The van der Waals surface area contributed by atoms with Gasteiger partial charge in [-0.2, -0.15) is 5.10 Å². The van der Waals surface area contributed by atoms with Crippen molar-refractivity contribution in [1.29, 1.82) is 0 Å². The zero-order chi connectivity index (χ0) is 12.4. The Bertz CT molecular complexity index is 495. The van der Waals surface area contributed by atoms with E-state index in [1.54, 1.807) is 0 Å². The lowest BCUT2D eigenvalue weighted by Gasteiger charge is -2.10. The summed E-state index contributed by atoms with van der Waals surface area (Å²) in [5.41, 5.74) is 10.2. The van der Waals surface area contributed by atoms with Crippen LogP contribution in [0.25, 0.3) is 5.69 Å². The van der Waals surface area contributed by atoms with Crippen LogP contribution < -0.4 is 5.73 Å². The SMILES string of the molecule is Cc1ccc(-n2nc(CN)cc2C(C)C)cc1. The summed E-state index contributed by atoms with van der Waals surface area (Å²) < 4.78 is 1.99. The molecule has 17 heavy (non-hydrogen) atoms. The molecule has 0 bridgehead atoms. The maximum atomic E-state index is 5.66. The summed E-state index contributed by atoms with van der Waals surface area (Å²) >= 11 is 0. The Morgan fingerprint density at radius 3 is 2.41 bits per heavy atom. The van der Waals surface area contributed by atoms with E-state index in [9.17, 15) is 0 Å². The number of aromatic nitrogens is 2. The second kappa shape index (κ2) is 4.72. The average molecular weight is 229 g/mol. The van der Waals surface area contributed by atoms with Crippen molar-refractivity contribution < 1.29 is 0 Å². The van der Waals surface area contributed by atoms with Gasteiger partial charge in [0.05, 0.1) is 11.4 Å². The highest BCUT2D eigenvalue weighted by atomic mass is 15.3. The predicted molar refractivity (Wildman–Crippen MR) is 70.3 cm³/mol. The molecule has 2 rings (SSSR count). The van der Waals surface area contributed by atoms with Crippen molar-refractivity contribution in [2.45, 2.75) is 33.2 Å². The Hall–Kier alpha value is -1.61. The van der Waals surface area contributed by atoms with Crippen molar-refractivity contribution in [3.63, 3.8) is 0 Å². The van der Waals surface area contributed by atoms with Crippen LogP contribution in [-0.2, 0) is 6.54 Å². The van der Waals surface area contributed by atoms with Gasteiger partial charge in [-0.3, -0.25) is 0 Å². The molecule has 0 fully saturated rings. The van der Waals surface area contributed by atoms with Crippen molar-refractivity contribution in [3.05, 3.63) is 47.3 Å². The Morgan fingerprint density at radius 2 is 1.88 bits per heavy atom. The number of nitrogens with two attached hydrogens (primary N) is 1. The third kappa shape index (κ3) is 2.39. The van der Waals surface area contributed by atoms with Gasteiger partial charge in [0.2, 0.25) is 0 Å². The lowest BCUT2D eigenvalue weighted by atomic mass is 10.1. The summed E-state index contributed by atoms with van der Waals surface area (Å²) in [6.45, 7) is 6.91. The molecular weight excluding hydrogens is 210 g/mol. The summed E-state index contributed by atoms with van der Waals surface area (Å²) in [7, 11) is 0. The third-order valence-electron chi connectivity index (χ3n) is 2.87. The van der Waals surface area contributed by atoms with Crippen molar-refractivity contribution in [3.8, 4) is 5.69 Å². The normalized spacial score (nSPS) is 11.1. The quantitative estimate of drug-likeness (QED) is 0.879. The average Bonchev–Trinajstić information content (AvgIpc) is 2.74. The highest BCUT2D eigenvalue weighted by Crippen LogP contribution is 2.20. The number of benzene rings is 1. The molecule has 3 nitrogen and oxygen atoms in total. The van der Waals surface area contributed by atoms with E-state index in [0.717, 1.165) is 11.4 Å². The number of rotatable bonds is 3. The summed E-state index contributed by atoms with van der Waals surface area (Å²) in [4.78, 5) is 0. The van der Waals surface area contributed by atoms with E-state index in [1.807, 2.05) is 4.68 Å². The first-order valence-electron chi connectivity index (χ1n) is 5.97. The van der Waals surface area contributed by atoms with Crippen LogP contribution in [0, 0.1) is 6.92 Å².